The number of rotatable bonds is 2. The summed E-state index contributed by atoms with van der Waals surface area (Å²) in [6.45, 7) is 1.50. The van der Waals surface area contributed by atoms with E-state index in [1.165, 1.54) is 7.11 Å². The van der Waals surface area contributed by atoms with Crippen molar-refractivity contribution in [2.24, 2.45) is 5.92 Å². The summed E-state index contributed by atoms with van der Waals surface area (Å²) in [6.07, 6.45) is 3.55. The lowest BCUT2D eigenvalue weighted by molar-refractivity contribution is -0.145. The fraction of sp³-hybridized carbons (Fsp3) is 0.455. The maximum absolute atomic E-state index is 11.5. The molecule has 1 aromatic heterocycles. The Kier molecular flexibility index (Phi) is 4.71. The van der Waals surface area contributed by atoms with E-state index in [4.69, 9.17) is 4.74 Å². The maximum Gasteiger partial charge on any atom is 0.310 e. The fourth-order valence-electron chi connectivity index (χ4n) is 2.02. The highest BCUT2D eigenvalue weighted by Gasteiger charge is 2.34. The lowest BCUT2D eigenvalue weighted by Crippen LogP contribution is -2.22. The molecular weight excluding hydrogens is 228 g/mol. The monoisotopic (exact) mass is 242 g/mol. The van der Waals surface area contributed by atoms with Gasteiger partial charge in [-0.05, 0) is 11.6 Å². The number of hydrogen-bond acceptors (Lipinski definition) is 4. The number of halogens is 1. The summed E-state index contributed by atoms with van der Waals surface area (Å²) in [7, 11) is 1.43. The van der Waals surface area contributed by atoms with Gasteiger partial charge in [0.05, 0.1) is 13.0 Å². The molecule has 0 aliphatic carbocycles. The Hall–Kier alpha value is -1.13. The average molecular weight is 243 g/mol. The maximum atomic E-state index is 11.5. The van der Waals surface area contributed by atoms with Gasteiger partial charge < -0.3 is 10.1 Å². The zero-order chi connectivity index (χ0) is 10.7. The zero-order valence-electron chi connectivity index (χ0n) is 9.05. The van der Waals surface area contributed by atoms with Crippen molar-refractivity contribution in [3.8, 4) is 0 Å². The standard InChI is InChI=1S/C11H14N2O2.ClH/c1-15-11(14)10-7-13-6-9(10)8-3-2-4-12-5-8;/h2-5,9-10,13H,6-7H2,1H3;1H. The van der Waals surface area contributed by atoms with Gasteiger partial charge in [0.2, 0.25) is 0 Å². The minimum atomic E-state index is -0.145. The Labute approximate surface area is 101 Å². The molecule has 2 atom stereocenters. The van der Waals surface area contributed by atoms with Gasteiger partial charge in [-0.1, -0.05) is 6.07 Å². The van der Waals surface area contributed by atoms with E-state index in [9.17, 15) is 4.79 Å². The molecule has 1 saturated heterocycles. The number of esters is 1. The molecule has 2 heterocycles. The molecule has 88 valence electrons. The number of carbonyl (C=O) groups is 1. The molecule has 16 heavy (non-hydrogen) atoms. The third kappa shape index (κ3) is 2.51. The number of aromatic nitrogens is 1. The molecule has 0 saturated carbocycles. The Morgan fingerprint density at radius 2 is 2.38 bits per heavy atom. The van der Waals surface area contributed by atoms with E-state index < -0.39 is 0 Å². The molecule has 5 heteroatoms. The van der Waals surface area contributed by atoms with Gasteiger partial charge in [0.25, 0.3) is 0 Å². The summed E-state index contributed by atoms with van der Waals surface area (Å²) in [4.78, 5) is 15.6. The predicted molar refractivity (Wildman–Crippen MR) is 62.6 cm³/mol. The van der Waals surface area contributed by atoms with Crippen molar-refractivity contribution in [2.45, 2.75) is 5.92 Å². The van der Waals surface area contributed by atoms with Crippen LogP contribution in [-0.4, -0.2) is 31.2 Å². The minimum Gasteiger partial charge on any atom is -0.469 e. The minimum absolute atomic E-state index is 0. The molecule has 1 aromatic rings. The summed E-state index contributed by atoms with van der Waals surface area (Å²) < 4.78 is 4.79. The van der Waals surface area contributed by atoms with Crippen LogP contribution in [0, 0.1) is 5.92 Å². The smallest absolute Gasteiger partial charge is 0.310 e. The van der Waals surface area contributed by atoms with Crippen molar-refractivity contribution in [1.29, 1.82) is 0 Å². The summed E-state index contributed by atoms with van der Waals surface area (Å²) in [5, 5.41) is 3.21. The van der Waals surface area contributed by atoms with Crippen LogP contribution in [0.15, 0.2) is 24.5 Å². The van der Waals surface area contributed by atoms with E-state index in [-0.39, 0.29) is 30.2 Å². The number of pyridine rings is 1. The van der Waals surface area contributed by atoms with Crippen LogP contribution in [0.3, 0.4) is 0 Å². The van der Waals surface area contributed by atoms with E-state index in [1.54, 1.807) is 6.20 Å². The second-order valence-corrected chi connectivity index (χ2v) is 3.68. The van der Waals surface area contributed by atoms with Crippen LogP contribution in [0.4, 0.5) is 0 Å². The van der Waals surface area contributed by atoms with Crippen LogP contribution in [-0.2, 0) is 9.53 Å². The number of carbonyl (C=O) groups excluding carboxylic acids is 1. The molecular formula is C11H15ClN2O2. The normalized spacial score (nSPS) is 23.6. The van der Waals surface area contributed by atoms with E-state index in [2.05, 4.69) is 10.3 Å². The zero-order valence-corrected chi connectivity index (χ0v) is 9.87. The molecule has 0 aromatic carbocycles. The first-order chi connectivity index (χ1) is 7.33. The van der Waals surface area contributed by atoms with Gasteiger partial charge in [-0.2, -0.15) is 0 Å². The molecule has 0 amide bonds. The van der Waals surface area contributed by atoms with Crippen LogP contribution >= 0.6 is 12.4 Å². The summed E-state index contributed by atoms with van der Waals surface area (Å²) in [6, 6.07) is 3.89. The van der Waals surface area contributed by atoms with Crippen molar-refractivity contribution >= 4 is 18.4 Å². The molecule has 0 spiro atoms. The molecule has 4 nitrogen and oxygen atoms in total. The van der Waals surface area contributed by atoms with E-state index >= 15 is 0 Å². The second-order valence-electron chi connectivity index (χ2n) is 3.68. The van der Waals surface area contributed by atoms with E-state index in [0.717, 1.165) is 12.1 Å². The Morgan fingerprint density at radius 1 is 1.56 bits per heavy atom. The van der Waals surface area contributed by atoms with Crippen LogP contribution in [0.1, 0.15) is 11.5 Å². The highest BCUT2D eigenvalue weighted by Crippen LogP contribution is 2.28. The first kappa shape index (κ1) is 12.9. The molecule has 2 rings (SSSR count). The van der Waals surface area contributed by atoms with E-state index in [1.807, 2.05) is 18.3 Å². The van der Waals surface area contributed by atoms with Gasteiger partial charge in [0, 0.05) is 31.4 Å². The summed E-state index contributed by atoms with van der Waals surface area (Å²) in [5.41, 5.74) is 1.10. The Balaban J connectivity index is 0.00000128. The van der Waals surface area contributed by atoms with Gasteiger partial charge in [0.1, 0.15) is 0 Å². The third-order valence-corrected chi connectivity index (χ3v) is 2.83. The topological polar surface area (TPSA) is 51.2 Å². The summed E-state index contributed by atoms with van der Waals surface area (Å²) in [5.74, 6) is -0.0424. The molecule has 1 N–H and O–H groups in total. The van der Waals surface area contributed by atoms with Crippen LogP contribution < -0.4 is 5.32 Å². The third-order valence-electron chi connectivity index (χ3n) is 2.83. The predicted octanol–water partition coefficient (Wildman–Crippen LogP) is 0.979. The SMILES string of the molecule is COC(=O)C1CNCC1c1cccnc1.Cl. The Morgan fingerprint density at radius 3 is 3.00 bits per heavy atom. The van der Waals surface area contributed by atoms with Crippen molar-refractivity contribution in [1.82, 2.24) is 10.3 Å². The fourth-order valence-corrected chi connectivity index (χ4v) is 2.02. The van der Waals surface area contributed by atoms with Crippen LogP contribution in [0.25, 0.3) is 0 Å². The number of methoxy groups -OCH3 is 1. The van der Waals surface area contributed by atoms with Crippen LogP contribution in [0.5, 0.6) is 0 Å². The highest BCUT2D eigenvalue weighted by molar-refractivity contribution is 5.85. The summed E-state index contributed by atoms with van der Waals surface area (Å²) >= 11 is 0. The van der Waals surface area contributed by atoms with Gasteiger partial charge >= 0.3 is 5.97 Å². The number of ether oxygens (including phenoxy) is 1. The van der Waals surface area contributed by atoms with Gasteiger partial charge in [-0.25, -0.2) is 0 Å². The quantitative estimate of drug-likeness (QED) is 0.786. The number of nitrogens with one attached hydrogen (secondary N) is 1. The first-order valence-electron chi connectivity index (χ1n) is 5.01. The van der Waals surface area contributed by atoms with Crippen molar-refractivity contribution in [3.05, 3.63) is 30.1 Å². The second kappa shape index (κ2) is 5.82. The molecule has 0 radical (unpaired) electrons. The van der Waals surface area contributed by atoms with Crippen LogP contribution in [0.2, 0.25) is 0 Å². The van der Waals surface area contributed by atoms with Gasteiger partial charge in [-0.15, -0.1) is 12.4 Å². The van der Waals surface area contributed by atoms with Crippen molar-refractivity contribution in [3.63, 3.8) is 0 Å². The first-order valence-corrected chi connectivity index (χ1v) is 5.01. The average Bonchev–Trinajstić information content (AvgIpc) is 2.78. The largest absolute Gasteiger partial charge is 0.469 e. The van der Waals surface area contributed by atoms with Crippen molar-refractivity contribution < 1.29 is 9.53 Å². The molecule has 1 aliphatic heterocycles. The lowest BCUT2D eigenvalue weighted by Gasteiger charge is -2.15. The molecule has 1 fully saturated rings. The highest BCUT2D eigenvalue weighted by atomic mass is 35.5. The molecule has 2 unspecified atom stereocenters. The lowest BCUT2D eigenvalue weighted by atomic mass is 9.90. The van der Waals surface area contributed by atoms with Gasteiger partial charge in [-0.3, -0.25) is 9.78 Å². The number of nitrogens with zero attached hydrogens (tertiary/aromatic N) is 1. The molecule has 0 bridgehead atoms. The Bertz CT molecular complexity index is 345. The van der Waals surface area contributed by atoms with E-state index in [0.29, 0.717) is 6.54 Å². The molecule has 1 aliphatic rings. The van der Waals surface area contributed by atoms with Crippen molar-refractivity contribution in [2.75, 3.05) is 20.2 Å². The van der Waals surface area contributed by atoms with Gasteiger partial charge in [0.15, 0.2) is 0 Å². The number of hydrogen-bond donors (Lipinski definition) is 1.